The number of aromatic nitrogens is 3. The van der Waals surface area contributed by atoms with Gasteiger partial charge in [-0.15, -0.1) is 0 Å². The Morgan fingerprint density at radius 1 is 0.917 bits per heavy atom. The fraction of sp³-hybridized carbons (Fsp3) is 0.118. The standard InChI is InChI=1S/C17H12F3N3S/c18-17(19,20)15-10-14(12-6-2-1-3-7-12)22-16(23-15)24-11-13-8-4-5-9-21-13/h1-10H,11H2. The largest absolute Gasteiger partial charge is 0.433 e. The van der Waals surface area contributed by atoms with E-state index in [1.807, 2.05) is 6.07 Å². The molecule has 0 fully saturated rings. The van der Waals surface area contributed by atoms with E-state index in [4.69, 9.17) is 0 Å². The van der Waals surface area contributed by atoms with Gasteiger partial charge in [0, 0.05) is 17.5 Å². The first-order valence-corrected chi connectivity index (χ1v) is 8.05. The van der Waals surface area contributed by atoms with Crippen LogP contribution in [0.2, 0.25) is 0 Å². The highest BCUT2D eigenvalue weighted by Gasteiger charge is 2.33. The first kappa shape index (κ1) is 16.4. The van der Waals surface area contributed by atoms with Gasteiger partial charge >= 0.3 is 6.18 Å². The summed E-state index contributed by atoms with van der Waals surface area (Å²) in [5.41, 5.74) is 0.677. The number of alkyl halides is 3. The lowest BCUT2D eigenvalue weighted by Crippen LogP contribution is -2.10. The second-order valence-corrected chi connectivity index (χ2v) is 5.84. The molecule has 0 aliphatic rings. The third-order valence-electron chi connectivity index (χ3n) is 3.14. The summed E-state index contributed by atoms with van der Waals surface area (Å²) in [6, 6.07) is 15.1. The third kappa shape index (κ3) is 4.11. The van der Waals surface area contributed by atoms with E-state index in [2.05, 4.69) is 15.0 Å². The molecule has 2 heterocycles. The van der Waals surface area contributed by atoms with E-state index in [-0.39, 0.29) is 10.9 Å². The van der Waals surface area contributed by atoms with Gasteiger partial charge in [-0.05, 0) is 18.2 Å². The Morgan fingerprint density at radius 3 is 2.33 bits per heavy atom. The number of hydrogen-bond acceptors (Lipinski definition) is 4. The fourth-order valence-electron chi connectivity index (χ4n) is 2.01. The average molecular weight is 347 g/mol. The minimum absolute atomic E-state index is 0.0781. The highest BCUT2D eigenvalue weighted by Crippen LogP contribution is 2.32. The Hall–Kier alpha value is -2.41. The van der Waals surface area contributed by atoms with Crippen LogP contribution in [0.4, 0.5) is 13.2 Å². The molecule has 122 valence electrons. The third-order valence-corrected chi connectivity index (χ3v) is 4.02. The lowest BCUT2D eigenvalue weighted by molar-refractivity contribution is -0.141. The Balaban J connectivity index is 1.93. The number of rotatable bonds is 4. The Morgan fingerprint density at radius 2 is 1.67 bits per heavy atom. The van der Waals surface area contributed by atoms with E-state index in [1.54, 1.807) is 48.7 Å². The molecule has 0 saturated heterocycles. The molecule has 0 aliphatic heterocycles. The van der Waals surface area contributed by atoms with E-state index in [0.29, 0.717) is 11.3 Å². The van der Waals surface area contributed by atoms with Gasteiger partial charge < -0.3 is 0 Å². The van der Waals surface area contributed by atoms with Crippen LogP contribution in [0.1, 0.15) is 11.4 Å². The Labute approximate surface area is 141 Å². The van der Waals surface area contributed by atoms with Crippen LogP contribution in [0.3, 0.4) is 0 Å². The van der Waals surface area contributed by atoms with Crippen molar-refractivity contribution in [2.45, 2.75) is 17.1 Å². The predicted molar refractivity (Wildman–Crippen MR) is 86.3 cm³/mol. The number of pyridine rings is 1. The predicted octanol–water partition coefficient (Wildman–Crippen LogP) is 4.85. The Bertz CT molecular complexity index is 808. The second kappa shape index (κ2) is 7.00. The molecule has 0 N–H and O–H groups in total. The molecule has 0 spiro atoms. The monoisotopic (exact) mass is 347 g/mol. The van der Waals surface area contributed by atoms with Crippen molar-refractivity contribution in [3.8, 4) is 11.3 Å². The molecule has 0 bridgehead atoms. The first-order valence-electron chi connectivity index (χ1n) is 7.07. The lowest BCUT2D eigenvalue weighted by atomic mass is 10.1. The second-order valence-electron chi connectivity index (χ2n) is 4.89. The van der Waals surface area contributed by atoms with Crippen molar-refractivity contribution >= 4 is 11.8 Å². The smallest absolute Gasteiger partial charge is 0.260 e. The first-order chi connectivity index (χ1) is 11.5. The molecule has 7 heteroatoms. The van der Waals surface area contributed by atoms with Gasteiger partial charge in [0.15, 0.2) is 5.16 Å². The lowest BCUT2D eigenvalue weighted by Gasteiger charge is -2.10. The van der Waals surface area contributed by atoms with E-state index in [9.17, 15) is 13.2 Å². The normalized spacial score (nSPS) is 11.5. The molecule has 2 aromatic heterocycles. The minimum atomic E-state index is -4.52. The SMILES string of the molecule is FC(F)(F)c1cc(-c2ccccc2)nc(SCc2ccccn2)n1. The van der Waals surface area contributed by atoms with E-state index in [0.717, 1.165) is 23.5 Å². The van der Waals surface area contributed by atoms with Crippen molar-refractivity contribution in [1.82, 2.24) is 15.0 Å². The summed E-state index contributed by atoms with van der Waals surface area (Å²) >= 11 is 1.13. The number of halogens is 3. The van der Waals surface area contributed by atoms with Crippen molar-refractivity contribution in [2.75, 3.05) is 0 Å². The molecule has 0 unspecified atom stereocenters. The topological polar surface area (TPSA) is 38.7 Å². The fourth-order valence-corrected chi connectivity index (χ4v) is 2.79. The average Bonchev–Trinajstić information content (AvgIpc) is 2.61. The molecule has 0 amide bonds. The molecular formula is C17H12F3N3S. The van der Waals surface area contributed by atoms with Gasteiger partial charge in [-0.25, -0.2) is 9.97 Å². The number of thioether (sulfide) groups is 1. The van der Waals surface area contributed by atoms with Crippen LogP contribution in [0.25, 0.3) is 11.3 Å². The van der Waals surface area contributed by atoms with Gasteiger partial charge in [0.05, 0.1) is 11.4 Å². The van der Waals surface area contributed by atoms with Crippen LogP contribution in [0.15, 0.2) is 66.0 Å². The van der Waals surface area contributed by atoms with Gasteiger partial charge in [-0.2, -0.15) is 13.2 Å². The van der Waals surface area contributed by atoms with E-state index < -0.39 is 11.9 Å². The maximum Gasteiger partial charge on any atom is 0.433 e. The van der Waals surface area contributed by atoms with Crippen LogP contribution >= 0.6 is 11.8 Å². The van der Waals surface area contributed by atoms with Crippen molar-refractivity contribution in [3.63, 3.8) is 0 Å². The maximum atomic E-state index is 13.1. The zero-order valence-corrected chi connectivity index (χ0v) is 13.2. The zero-order chi connectivity index (χ0) is 17.0. The molecule has 3 aromatic rings. The van der Waals surface area contributed by atoms with Crippen LogP contribution in [-0.2, 0) is 11.9 Å². The van der Waals surface area contributed by atoms with Crippen LogP contribution in [0, 0.1) is 0 Å². The molecule has 1 aromatic carbocycles. The molecule has 0 saturated carbocycles. The van der Waals surface area contributed by atoms with Crippen molar-refractivity contribution < 1.29 is 13.2 Å². The molecular weight excluding hydrogens is 335 g/mol. The molecule has 0 aliphatic carbocycles. The van der Waals surface area contributed by atoms with Crippen molar-refractivity contribution in [2.24, 2.45) is 0 Å². The summed E-state index contributed by atoms with van der Waals surface area (Å²) in [5, 5.41) is 0.0781. The molecule has 3 nitrogen and oxygen atoms in total. The zero-order valence-electron chi connectivity index (χ0n) is 12.4. The van der Waals surface area contributed by atoms with Crippen molar-refractivity contribution in [1.29, 1.82) is 0 Å². The summed E-state index contributed by atoms with van der Waals surface area (Å²) in [6.07, 6.45) is -2.88. The highest BCUT2D eigenvalue weighted by atomic mass is 32.2. The van der Waals surface area contributed by atoms with E-state index >= 15 is 0 Å². The Kier molecular flexibility index (Phi) is 4.80. The number of benzene rings is 1. The highest BCUT2D eigenvalue weighted by molar-refractivity contribution is 7.98. The van der Waals surface area contributed by atoms with Gasteiger partial charge in [0.2, 0.25) is 0 Å². The summed E-state index contributed by atoms with van der Waals surface area (Å²) < 4.78 is 39.3. The van der Waals surface area contributed by atoms with Crippen molar-refractivity contribution in [3.05, 3.63) is 72.2 Å². The van der Waals surface area contributed by atoms with Crippen LogP contribution in [0.5, 0.6) is 0 Å². The number of nitrogens with zero attached hydrogens (tertiary/aromatic N) is 3. The number of hydrogen-bond donors (Lipinski definition) is 0. The molecule has 3 rings (SSSR count). The quantitative estimate of drug-likeness (QED) is 0.499. The van der Waals surface area contributed by atoms with E-state index in [1.165, 1.54) is 0 Å². The molecule has 0 radical (unpaired) electrons. The van der Waals surface area contributed by atoms with Crippen LogP contribution in [-0.4, -0.2) is 15.0 Å². The molecule has 24 heavy (non-hydrogen) atoms. The maximum absolute atomic E-state index is 13.1. The molecule has 0 atom stereocenters. The van der Waals surface area contributed by atoms with Crippen LogP contribution < -0.4 is 0 Å². The van der Waals surface area contributed by atoms with Gasteiger partial charge in [-0.3, -0.25) is 4.98 Å². The van der Waals surface area contributed by atoms with Gasteiger partial charge in [-0.1, -0.05) is 48.2 Å². The minimum Gasteiger partial charge on any atom is -0.260 e. The van der Waals surface area contributed by atoms with Gasteiger partial charge in [0.1, 0.15) is 5.69 Å². The summed E-state index contributed by atoms with van der Waals surface area (Å²) in [5.74, 6) is 0.399. The summed E-state index contributed by atoms with van der Waals surface area (Å²) in [6.45, 7) is 0. The summed E-state index contributed by atoms with van der Waals surface area (Å²) in [4.78, 5) is 12.0. The van der Waals surface area contributed by atoms with Gasteiger partial charge in [0.25, 0.3) is 0 Å². The summed E-state index contributed by atoms with van der Waals surface area (Å²) in [7, 11) is 0.